The summed E-state index contributed by atoms with van der Waals surface area (Å²) in [5.41, 5.74) is 3.07. The number of carbonyl (C=O) groups is 3. The maximum absolute atomic E-state index is 12.2. The lowest BCUT2D eigenvalue weighted by Crippen LogP contribution is -2.32. The van der Waals surface area contributed by atoms with Gasteiger partial charge in [-0.25, -0.2) is 0 Å². The Morgan fingerprint density at radius 1 is 1.03 bits per heavy atom. The Hall–Kier alpha value is -3.35. The third-order valence-corrected chi connectivity index (χ3v) is 4.38. The number of amides is 2. The molecule has 0 atom stereocenters. The number of rotatable bonds is 9. The SMILES string of the molecule is CCOc1ccc(C(=O)NCC(=O)OCC(=O)Nc2c(C)cccc2C(C)C)cc1. The molecule has 2 amide bonds. The van der Waals surface area contributed by atoms with Crippen molar-refractivity contribution in [3.8, 4) is 5.75 Å². The van der Waals surface area contributed by atoms with Crippen molar-refractivity contribution in [1.29, 1.82) is 0 Å². The number of hydrogen-bond acceptors (Lipinski definition) is 5. The van der Waals surface area contributed by atoms with E-state index in [1.54, 1.807) is 24.3 Å². The molecule has 0 bridgehead atoms. The third-order valence-electron chi connectivity index (χ3n) is 4.38. The Balaban J connectivity index is 1.80. The first-order chi connectivity index (χ1) is 14.3. The molecule has 0 fully saturated rings. The van der Waals surface area contributed by atoms with E-state index in [0.717, 1.165) is 16.8 Å². The van der Waals surface area contributed by atoms with Crippen molar-refractivity contribution in [3.63, 3.8) is 0 Å². The summed E-state index contributed by atoms with van der Waals surface area (Å²) in [6.07, 6.45) is 0. The molecule has 0 aliphatic heterocycles. The Labute approximate surface area is 176 Å². The van der Waals surface area contributed by atoms with E-state index in [1.165, 1.54) is 0 Å². The van der Waals surface area contributed by atoms with Crippen LogP contribution in [0.15, 0.2) is 42.5 Å². The van der Waals surface area contributed by atoms with E-state index >= 15 is 0 Å². The maximum Gasteiger partial charge on any atom is 0.325 e. The number of carbonyl (C=O) groups excluding carboxylic acids is 3. The number of esters is 1. The smallest absolute Gasteiger partial charge is 0.325 e. The number of hydrogen-bond donors (Lipinski definition) is 2. The molecule has 160 valence electrons. The minimum absolute atomic E-state index is 0.237. The van der Waals surface area contributed by atoms with Gasteiger partial charge in [-0.3, -0.25) is 14.4 Å². The van der Waals surface area contributed by atoms with Gasteiger partial charge in [0, 0.05) is 11.3 Å². The Morgan fingerprint density at radius 2 is 1.73 bits per heavy atom. The van der Waals surface area contributed by atoms with Gasteiger partial charge in [-0.2, -0.15) is 0 Å². The van der Waals surface area contributed by atoms with Crippen LogP contribution in [0.3, 0.4) is 0 Å². The van der Waals surface area contributed by atoms with Crippen molar-refractivity contribution in [2.24, 2.45) is 0 Å². The third kappa shape index (κ3) is 6.62. The van der Waals surface area contributed by atoms with Crippen LogP contribution in [-0.4, -0.2) is 37.5 Å². The standard InChI is InChI=1S/C23H28N2O5/c1-5-29-18-11-9-17(10-12-18)23(28)24-13-21(27)30-14-20(26)25-22-16(4)7-6-8-19(22)15(2)3/h6-12,15H,5,13-14H2,1-4H3,(H,24,28)(H,25,26). The lowest BCUT2D eigenvalue weighted by molar-refractivity contribution is -0.146. The predicted octanol–water partition coefficient (Wildman–Crippen LogP) is 3.43. The summed E-state index contributed by atoms with van der Waals surface area (Å²) >= 11 is 0. The molecule has 2 aromatic rings. The molecule has 7 nitrogen and oxygen atoms in total. The summed E-state index contributed by atoms with van der Waals surface area (Å²) in [5.74, 6) is -0.647. The molecule has 0 aliphatic carbocycles. The van der Waals surface area contributed by atoms with E-state index < -0.39 is 24.4 Å². The van der Waals surface area contributed by atoms with Crippen LogP contribution in [-0.2, 0) is 14.3 Å². The van der Waals surface area contributed by atoms with Gasteiger partial charge in [0.25, 0.3) is 11.8 Å². The number of nitrogens with one attached hydrogen (secondary N) is 2. The minimum Gasteiger partial charge on any atom is -0.494 e. The van der Waals surface area contributed by atoms with Gasteiger partial charge in [0.2, 0.25) is 0 Å². The number of para-hydroxylation sites is 1. The zero-order chi connectivity index (χ0) is 22.1. The lowest BCUT2D eigenvalue weighted by Gasteiger charge is -2.16. The van der Waals surface area contributed by atoms with Gasteiger partial charge in [0.1, 0.15) is 12.3 Å². The van der Waals surface area contributed by atoms with Gasteiger partial charge in [0.15, 0.2) is 6.61 Å². The first kappa shape index (κ1) is 22.9. The molecular formula is C23H28N2O5. The van der Waals surface area contributed by atoms with Crippen LogP contribution in [0.5, 0.6) is 5.75 Å². The van der Waals surface area contributed by atoms with Gasteiger partial charge >= 0.3 is 5.97 Å². The van der Waals surface area contributed by atoms with Crippen molar-refractivity contribution in [2.75, 3.05) is 25.1 Å². The molecular weight excluding hydrogens is 384 g/mol. The fraction of sp³-hybridized carbons (Fsp3) is 0.348. The predicted molar refractivity (Wildman–Crippen MR) is 115 cm³/mol. The van der Waals surface area contributed by atoms with Gasteiger partial charge in [-0.1, -0.05) is 32.0 Å². The summed E-state index contributed by atoms with van der Waals surface area (Å²) < 4.78 is 10.3. The molecule has 0 radical (unpaired) electrons. The Bertz CT molecular complexity index is 891. The van der Waals surface area contributed by atoms with Crippen LogP contribution in [0.2, 0.25) is 0 Å². The number of aryl methyl sites for hydroxylation is 1. The highest BCUT2D eigenvalue weighted by atomic mass is 16.5. The summed E-state index contributed by atoms with van der Waals surface area (Å²) in [6, 6.07) is 12.4. The van der Waals surface area contributed by atoms with Gasteiger partial charge in [-0.15, -0.1) is 0 Å². The minimum atomic E-state index is -0.696. The summed E-state index contributed by atoms with van der Waals surface area (Å²) in [5, 5.41) is 5.28. The van der Waals surface area contributed by atoms with Crippen molar-refractivity contribution < 1.29 is 23.9 Å². The lowest BCUT2D eigenvalue weighted by atomic mass is 9.98. The zero-order valence-corrected chi connectivity index (χ0v) is 17.8. The molecule has 0 heterocycles. The number of anilines is 1. The van der Waals surface area contributed by atoms with Crippen molar-refractivity contribution in [1.82, 2.24) is 5.32 Å². The van der Waals surface area contributed by atoms with Crippen LogP contribution in [0.1, 0.15) is 48.2 Å². The van der Waals surface area contributed by atoms with E-state index in [2.05, 4.69) is 10.6 Å². The Kier molecular flexibility index (Phi) is 8.41. The molecule has 0 saturated heterocycles. The second kappa shape index (κ2) is 11.0. The van der Waals surface area contributed by atoms with Gasteiger partial charge in [0.05, 0.1) is 6.61 Å². The van der Waals surface area contributed by atoms with E-state index in [4.69, 9.17) is 9.47 Å². The van der Waals surface area contributed by atoms with E-state index in [0.29, 0.717) is 17.9 Å². The Morgan fingerprint density at radius 3 is 2.37 bits per heavy atom. The molecule has 2 rings (SSSR count). The van der Waals surface area contributed by atoms with Crippen LogP contribution in [0.4, 0.5) is 5.69 Å². The molecule has 0 aromatic heterocycles. The monoisotopic (exact) mass is 412 g/mol. The van der Waals surface area contributed by atoms with Gasteiger partial charge < -0.3 is 20.1 Å². The summed E-state index contributed by atoms with van der Waals surface area (Å²) in [7, 11) is 0. The van der Waals surface area contributed by atoms with E-state index in [-0.39, 0.29) is 12.5 Å². The topological polar surface area (TPSA) is 93.7 Å². The van der Waals surface area contributed by atoms with Crippen LogP contribution in [0.25, 0.3) is 0 Å². The largest absolute Gasteiger partial charge is 0.494 e. The summed E-state index contributed by atoms with van der Waals surface area (Å²) in [6.45, 7) is 7.63. The van der Waals surface area contributed by atoms with Crippen molar-refractivity contribution in [2.45, 2.75) is 33.6 Å². The normalized spacial score (nSPS) is 10.4. The second-order valence-electron chi connectivity index (χ2n) is 7.04. The molecule has 0 spiro atoms. The highest BCUT2D eigenvalue weighted by Gasteiger charge is 2.14. The van der Waals surface area contributed by atoms with E-state index in [1.807, 2.05) is 45.9 Å². The highest BCUT2D eigenvalue weighted by Crippen LogP contribution is 2.27. The van der Waals surface area contributed by atoms with Gasteiger partial charge in [-0.05, 0) is 55.2 Å². The van der Waals surface area contributed by atoms with Crippen LogP contribution in [0, 0.1) is 6.92 Å². The quantitative estimate of drug-likeness (QED) is 0.616. The number of ether oxygens (including phenoxy) is 2. The molecule has 30 heavy (non-hydrogen) atoms. The van der Waals surface area contributed by atoms with Crippen LogP contribution >= 0.6 is 0 Å². The molecule has 0 unspecified atom stereocenters. The fourth-order valence-corrected chi connectivity index (χ4v) is 2.84. The zero-order valence-electron chi connectivity index (χ0n) is 17.8. The first-order valence-corrected chi connectivity index (χ1v) is 9.87. The molecule has 2 N–H and O–H groups in total. The molecule has 2 aromatic carbocycles. The molecule has 0 saturated carbocycles. The molecule has 0 aliphatic rings. The summed E-state index contributed by atoms with van der Waals surface area (Å²) in [4.78, 5) is 36.2. The van der Waals surface area contributed by atoms with Crippen LogP contribution < -0.4 is 15.4 Å². The van der Waals surface area contributed by atoms with E-state index in [9.17, 15) is 14.4 Å². The maximum atomic E-state index is 12.2. The first-order valence-electron chi connectivity index (χ1n) is 9.87. The second-order valence-corrected chi connectivity index (χ2v) is 7.04. The van der Waals surface area contributed by atoms with Crippen molar-refractivity contribution >= 4 is 23.5 Å². The van der Waals surface area contributed by atoms with Crippen molar-refractivity contribution in [3.05, 3.63) is 59.2 Å². The number of benzene rings is 2. The highest BCUT2D eigenvalue weighted by molar-refractivity contribution is 5.97. The average molecular weight is 412 g/mol. The molecule has 7 heteroatoms. The average Bonchev–Trinajstić information content (AvgIpc) is 2.72. The fourth-order valence-electron chi connectivity index (χ4n) is 2.84.